The van der Waals surface area contributed by atoms with Crippen molar-refractivity contribution in [3.05, 3.63) is 35.6 Å². The summed E-state index contributed by atoms with van der Waals surface area (Å²) in [6, 6.07) is 7.28. The van der Waals surface area contributed by atoms with Crippen LogP contribution in [0.5, 0.6) is 0 Å². The average Bonchev–Trinajstić information content (AvgIpc) is 3.26. The van der Waals surface area contributed by atoms with E-state index in [1.807, 2.05) is 0 Å². The van der Waals surface area contributed by atoms with Crippen LogP contribution in [0, 0.1) is 5.82 Å². The second-order valence-electron chi connectivity index (χ2n) is 7.06. The molecule has 1 aromatic rings. The molecule has 1 saturated carbocycles. The monoisotopic (exact) mass is 302 g/mol. The third-order valence-corrected chi connectivity index (χ3v) is 5.75. The lowest BCUT2D eigenvalue weighted by Gasteiger charge is -2.33. The van der Waals surface area contributed by atoms with Gasteiger partial charge in [0.15, 0.2) is 0 Å². The molecule has 1 aromatic carbocycles. The maximum atomic E-state index is 13.1. The van der Waals surface area contributed by atoms with Gasteiger partial charge < -0.3 is 5.32 Å². The van der Waals surface area contributed by atoms with Gasteiger partial charge >= 0.3 is 0 Å². The lowest BCUT2D eigenvalue weighted by molar-refractivity contribution is -0.124. The van der Waals surface area contributed by atoms with Crippen LogP contribution in [-0.2, 0) is 10.2 Å². The summed E-state index contributed by atoms with van der Waals surface area (Å²) >= 11 is 0. The number of nitrogens with one attached hydrogen (secondary N) is 1. The minimum absolute atomic E-state index is 0.150. The number of amides is 1. The molecule has 3 aliphatic rings. The zero-order valence-electron chi connectivity index (χ0n) is 12.9. The molecule has 4 rings (SSSR count). The van der Waals surface area contributed by atoms with Crippen molar-refractivity contribution in [2.45, 2.75) is 56.0 Å². The van der Waals surface area contributed by atoms with Crippen LogP contribution in [0.15, 0.2) is 24.3 Å². The molecule has 0 aromatic heterocycles. The molecule has 4 heteroatoms. The molecule has 2 saturated heterocycles. The van der Waals surface area contributed by atoms with Gasteiger partial charge in [0.1, 0.15) is 5.82 Å². The van der Waals surface area contributed by atoms with Crippen molar-refractivity contribution in [2.24, 2.45) is 0 Å². The Kier molecular flexibility index (Phi) is 3.44. The van der Waals surface area contributed by atoms with E-state index in [0.29, 0.717) is 12.1 Å². The molecule has 3 fully saturated rings. The van der Waals surface area contributed by atoms with Gasteiger partial charge in [0.05, 0.1) is 5.41 Å². The standard InChI is InChI=1S/C18H23FN2O/c19-14-6-4-13(5-7-14)18(9-10-18)17(22)20-15-8-12-21-11-2-1-3-16(15)21/h4-7,15-16H,1-3,8-12H2,(H,20,22)/t15-,16-/m0/s1. The Morgan fingerprint density at radius 3 is 2.64 bits per heavy atom. The van der Waals surface area contributed by atoms with Gasteiger partial charge in [-0.1, -0.05) is 18.6 Å². The highest BCUT2D eigenvalue weighted by Gasteiger charge is 2.52. The smallest absolute Gasteiger partial charge is 0.230 e. The van der Waals surface area contributed by atoms with Crippen molar-refractivity contribution >= 4 is 5.91 Å². The van der Waals surface area contributed by atoms with Crippen LogP contribution in [0.25, 0.3) is 0 Å². The van der Waals surface area contributed by atoms with Crippen LogP contribution in [0.2, 0.25) is 0 Å². The van der Waals surface area contributed by atoms with Gasteiger partial charge in [0, 0.05) is 18.6 Å². The SMILES string of the molecule is O=C(N[C@H]1CCN2CCCC[C@@H]12)C1(c2ccc(F)cc2)CC1. The first-order valence-electron chi connectivity index (χ1n) is 8.50. The molecule has 1 amide bonds. The van der Waals surface area contributed by atoms with E-state index >= 15 is 0 Å². The maximum absolute atomic E-state index is 13.1. The number of carbonyl (C=O) groups excluding carboxylic acids is 1. The molecule has 2 aliphatic heterocycles. The minimum Gasteiger partial charge on any atom is -0.351 e. The fraction of sp³-hybridized carbons (Fsp3) is 0.611. The topological polar surface area (TPSA) is 32.3 Å². The maximum Gasteiger partial charge on any atom is 0.230 e. The Bertz CT molecular complexity index is 567. The van der Waals surface area contributed by atoms with Gasteiger partial charge in [-0.05, 0) is 56.3 Å². The Labute approximate surface area is 130 Å². The van der Waals surface area contributed by atoms with Gasteiger partial charge in [-0.25, -0.2) is 4.39 Å². The highest BCUT2D eigenvalue weighted by Crippen LogP contribution is 2.48. The largest absolute Gasteiger partial charge is 0.351 e. The molecular formula is C18H23FN2O. The number of piperidine rings is 1. The number of rotatable bonds is 3. The van der Waals surface area contributed by atoms with Crippen molar-refractivity contribution in [3.63, 3.8) is 0 Å². The number of hydrogen-bond acceptors (Lipinski definition) is 2. The van der Waals surface area contributed by atoms with Crippen molar-refractivity contribution in [3.8, 4) is 0 Å². The third-order valence-electron chi connectivity index (χ3n) is 5.75. The van der Waals surface area contributed by atoms with E-state index < -0.39 is 5.41 Å². The number of halogens is 1. The summed E-state index contributed by atoms with van der Waals surface area (Å²) in [6.45, 7) is 2.29. The predicted octanol–water partition coefficient (Wildman–Crippen LogP) is 2.60. The number of hydrogen-bond donors (Lipinski definition) is 1. The van der Waals surface area contributed by atoms with Gasteiger partial charge in [-0.2, -0.15) is 0 Å². The van der Waals surface area contributed by atoms with Crippen LogP contribution in [0.1, 0.15) is 44.1 Å². The molecule has 3 nitrogen and oxygen atoms in total. The molecule has 2 heterocycles. The normalized spacial score (nSPS) is 29.9. The van der Waals surface area contributed by atoms with Gasteiger partial charge in [-0.15, -0.1) is 0 Å². The fourth-order valence-electron chi connectivity index (χ4n) is 4.26. The summed E-state index contributed by atoms with van der Waals surface area (Å²) in [7, 11) is 0. The summed E-state index contributed by atoms with van der Waals surface area (Å²) in [4.78, 5) is 15.4. The van der Waals surface area contributed by atoms with E-state index in [-0.39, 0.29) is 11.7 Å². The minimum atomic E-state index is -0.393. The van der Waals surface area contributed by atoms with E-state index in [2.05, 4.69) is 10.2 Å². The van der Waals surface area contributed by atoms with Crippen LogP contribution in [0.4, 0.5) is 4.39 Å². The highest BCUT2D eigenvalue weighted by atomic mass is 19.1. The first kappa shape index (κ1) is 14.2. The molecule has 0 unspecified atom stereocenters. The first-order valence-corrected chi connectivity index (χ1v) is 8.50. The molecule has 22 heavy (non-hydrogen) atoms. The number of fused-ring (bicyclic) bond motifs is 1. The second kappa shape index (κ2) is 5.34. The van der Waals surface area contributed by atoms with E-state index in [1.54, 1.807) is 12.1 Å². The van der Waals surface area contributed by atoms with Gasteiger partial charge in [-0.3, -0.25) is 9.69 Å². The molecule has 0 radical (unpaired) electrons. The van der Waals surface area contributed by atoms with E-state index in [9.17, 15) is 9.18 Å². The summed E-state index contributed by atoms with van der Waals surface area (Å²) in [5, 5.41) is 3.32. The van der Waals surface area contributed by atoms with Crippen LogP contribution in [0.3, 0.4) is 0 Å². The number of benzene rings is 1. The molecule has 1 N–H and O–H groups in total. The van der Waals surface area contributed by atoms with Crippen LogP contribution >= 0.6 is 0 Å². The van der Waals surface area contributed by atoms with Gasteiger partial charge in [0.25, 0.3) is 0 Å². The molecule has 0 bridgehead atoms. The summed E-state index contributed by atoms with van der Waals surface area (Å²) in [5.74, 6) is -0.0925. The van der Waals surface area contributed by atoms with Crippen molar-refractivity contribution < 1.29 is 9.18 Å². The van der Waals surface area contributed by atoms with Crippen molar-refractivity contribution in [1.82, 2.24) is 10.2 Å². The zero-order chi connectivity index (χ0) is 15.2. The van der Waals surface area contributed by atoms with E-state index in [4.69, 9.17) is 0 Å². The summed E-state index contributed by atoms with van der Waals surface area (Å²) in [5.41, 5.74) is 0.570. The molecule has 118 valence electrons. The lowest BCUT2D eigenvalue weighted by atomic mass is 9.93. The number of carbonyl (C=O) groups is 1. The lowest BCUT2D eigenvalue weighted by Crippen LogP contribution is -2.49. The zero-order valence-corrected chi connectivity index (χ0v) is 12.9. The van der Waals surface area contributed by atoms with E-state index in [0.717, 1.165) is 31.4 Å². The Balaban J connectivity index is 1.47. The van der Waals surface area contributed by atoms with Crippen LogP contribution < -0.4 is 5.32 Å². The summed E-state index contributed by atoms with van der Waals surface area (Å²) in [6.07, 6.45) is 6.59. The predicted molar refractivity (Wildman–Crippen MR) is 83.1 cm³/mol. The Hall–Kier alpha value is -1.42. The second-order valence-corrected chi connectivity index (χ2v) is 7.06. The number of nitrogens with zero attached hydrogens (tertiary/aromatic N) is 1. The van der Waals surface area contributed by atoms with E-state index in [1.165, 1.54) is 37.9 Å². The average molecular weight is 302 g/mol. The van der Waals surface area contributed by atoms with Crippen molar-refractivity contribution in [1.29, 1.82) is 0 Å². The highest BCUT2D eigenvalue weighted by molar-refractivity contribution is 5.91. The van der Waals surface area contributed by atoms with Gasteiger partial charge in [0.2, 0.25) is 5.91 Å². The summed E-state index contributed by atoms with van der Waals surface area (Å²) < 4.78 is 13.1. The Morgan fingerprint density at radius 2 is 1.91 bits per heavy atom. The quantitative estimate of drug-likeness (QED) is 0.931. The molecule has 0 spiro atoms. The molecule has 2 atom stereocenters. The molecular weight excluding hydrogens is 279 g/mol. The third kappa shape index (κ3) is 2.34. The fourth-order valence-corrected chi connectivity index (χ4v) is 4.26. The van der Waals surface area contributed by atoms with Crippen molar-refractivity contribution in [2.75, 3.05) is 13.1 Å². The Morgan fingerprint density at radius 1 is 1.14 bits per heavy atom. The molecule has 1 aliphatic carbocycles. The first-order chi connectivity index (χ1) is 10.7. The van der Waals surface area contributed by atoms with Crippen LogP contribution in [-0.4, -0.2) is 36.0 Å².